The van der Waals surface area contributed by atoms with Gasteiger partial charge in [-0.15, -0.1) is 10.2 Å². The third-order valence-electron chi connectivity index (χ3n) is 2.16. The Bertz CT molecular complexity index is 362. The molecule has 3 N–H and O–H groups in total. The normalized spacial score (nSPS) is 20.0. The molecule has 8 heteroatoms. The van der Waals surface area contributed by atoms with E-state index >= 15 is 0 Å². The molecule has 0 aromatic carbocycles. The van der Waals surface area contributed by atoms with Gasteiger partial charge in [-0.3, -0.25) is 9.59 Å². The molecule has 2 heterocycles. The number of nitrogens with one attached hydrogen (secondary N) is 3. The summed E-state index contributed by atoms with van der Waals surface area (Å²) in [6, 6.07) is 0. The number of rotatable bonds is 3. The van der Waals surface area contributed by atoms with Gasteiger partial charge in [0.05, 0.1) is 12.5 Å². The Morgan fingerprint density at radius 2 is 2.47 bits per heavy atom. The average molecular weight is 210 g/mol. The van der Waals surface area contributed by atoms with Crippen molar-refractivity contribution in [3.05, 3.63) is 5.82 Å². The maximum absolute atomic E-state index is 11.5. The first kappa shape index (κ1) is 9.56. The second-order valence-corrected chi connectivity index (χ2v) is 3.25. The summed E-state index contributed by atoms with van der Waals surface area (Å²) in [7, 11) is 0. The number of aromatic amines is 1. The van der Waals surface area contributed by atoms with Gasteiger partial charge >= 0.3 is 0 Å². The van der Waals surface area contributed by atoms with Gasteiger partial charge in [-0.25, -0.2) is 0 Å². The fourth-order valence-corrected chi connectivity index (χ4v) is 1.36. The van der Waals surface area contributed by atoms with E-state index in [0.717, 1.165) is 0 Å². The number of hydrogen-bond donors (Lipinski definition) is 3. The molecule has 0 bridgehead atoms. The lowest BCUT2D eigenvalue weighted by Crippen LogP contribution is -2.31. The van der Waals surface area contributed by atoms with E-state index in [-0.39, 0.29) is 30.7 Å². The van der Waals surface area contributed by atoms with Crippen molar-refractivity contribution in [2.75, 3.05) is 6.54 Å². The summed E-state index contributed by atoms with van der Waals surface area (Å²) in [6.45, 7) is 0.622. The van der Waals surface area contributed by atoms with E-state index in [0.29, 0.717) is 12.4 Å². The summed E-state index contributed by atoms with van der Waals surface area (Å²) < 4.78 is 0. The highest BCUT2D eigenvalue weighted by Gasteiger charge is 2.27. The van der Waals surface area contributed by atoms with E-state index in [1.54, 1.807) is 0 Å². The summed E-state index contributed by atoms with van der Waals surface area (Å²) in [6.07, 6.45) is 0.248. The molecule has 0 aliphatic carbocycles. The van der Waals surface area contributed by atoms with Crippen LogP contribution in [0.3, 0.4) is 0 Å². The summed E-state index contributed by atoms with van der Waals surface area (Å²) in [5.74, 6) is -0.127. The zero-order chi connectivity index (χ0) is 10.7. The first-order valence-electron chi connectivity index (χ1n) is 4.52. The monoisotopic (exact) mass is 210 g/mol. The second kappa shape index (κ2) is 4.03. The standard InChI is InChI=1S/C7H10N6O2/c14-6-1-4(2-8-6)7(15)9-3-5-10-12-13-11-5/h4H,1-3H2,(H,8,14)(H,9,15)(H,10,11,12,13). The van der Waals surface area contributed by atoms with Crippen LogP contribution in [0.1, 0.15) is 12.2 Å². The number of carbonyl (C=O) groups is 2. The largest absolute Gasteiger partial charge is 0.355 e. The Hall–Kier alpha value is -1.99. The van der Waals surface area contributed by atoms with Gasteiger partial charge in [0.1, 0.15) is 0 Å². The van der Waals surface area contributed by atoms with Crippen LogP contribution in [0.5, 0.6) is 0 Å². The topological polar surface area (TPSA) is 113 Å². The van der Waals surface area contributed by atoms with E-state index in [9.17, 15) is 9.59 Å². The molecule has 1 aliphatic rings. The second-order valence-electron chi connectivity index (χ2n) is 3.25. The highest BCUT2D eigenvalue weighted by molar-refractivity contribution is 5.89. The molecule has 0 saturated carbocycles. The van der Waals surface area contributed by atoms with Gasteiger partial charge < -0.3 is 10.6 Å². The highest BCUT2D eigenvalue weighted by atomic mass is 16.2. The molecular formula is C7H10N6O2. The molecule has 1 saturated heterocycles. The zero-order valence-electron chi connectivity index (χ0n) is 7.86. The number of H-pyrrole nitrogens is 1. The van der Waals surface area contributed by atoms with E-state index in [1.165, 1.54) is 0 Å². The first-order valence-corrected chi connectivity index (χ1v) is 4.52. The van der Waals surface area contributed by atoms with Crippen LogP contribution in [-0.4, -0.2) is 39.0 Å². The van der Waals surface area contributed by atoms with Crippen LogP contribution in [0, 0.1) is 5.92 Å². The lowest BCUT2D eigenvalue weighted by molar-refractivity contribution is -0.126. The zero-order valence-corrected chi connectivity index (χ0v) is 7.86. The molecule has 1 aliphatic heterocycles. The quantitative estimate of drug-likeness (QED) is 0.531. The molecule has 15 heavy (non-hydrogen) atoms. The number of amides is 2. The van der Waals surface area contributed by atoms with Crippen molar-refractivity contribution in [3.63, 3.8) is 0 Å². The van der Waals surface area contributed by atoms with E-state index < -0.39 is 0 Å². The molecule has 1 aromatic heterocycles. The van der Waals surface area contributed by atoms with Crippen molar-refractivity contribution in [2.45, 2.75) is 13.0 Å². The van der Waals surface area contributed by atoms with E-state index in [4.69, 9.17) is 0 Å². The molecule has 1 unspecified atom stereocenters. The predicted molar refractivity (Wildman–Crippen MR) is 47.1 cm³/mol. The van der Waals surface area contributed by atoms with Crippen molar-refractivity contribution in [1.29, 1.82) is 0 Å². The summed E-state index contributed by atoms with van der Waals surface area (Å²) in [4.78, 5) is 22.4. The Morgan fingerprint density at radius 3 is 3.07 bits per heavy atom. The van der Waals surface area contributed by atoms with Crippen LogP contribution in [0.4, 0.5) is 0 Å². The smallest absolute Gasteiger partial charge is 0.225 e. The maximum Gasteiger partial charge on any atom is 0.225 e. The molecule has 1 aromatic rings. The van der Waals surface area contributed by atoms with Gasteiger partial charge in [-0.05, 0) is 0 Å². The van der Waals surface area contributed by atoms with Gasteiger partial charge in [0, 0.05) is 13.0 Å². The van der Waals surface area contributed by atoms with Crippen molar-refractivity contribution in [2.24, 2.45) is 5.92 Å². The fourth-order valence-electron chi connectivity index (χ4n) is 1.36. The van der Waals surface area contributed by atoms with Crippen LogP contribution < -0.4 is 10.6 Å². The lowest BCUT2D eigenvalue weighted by Gasteiger charge is -2.06. The molecule has 80 valence electrons. The third kappa shape index (κ3) is 2.27. The minimum absolute atomic E-state index is 0.0882. The summed E-state index contributed by atoms with van der Waals surface area (Å²) in [5, 5.41) is 18.2. The van der Waals surface area contributed by atoms with E-state index in [2.05, 4.69) is 31.3 Å². The Labute approximate surface area is 84.8 Å². The van der Waals surface area contributed by atoms with Crippen molar-refractivity contribution in [3.8, 4) is 0 Å². The number of nitrogens with zero attached hydrogens (tertiary/aromatic N) is 3. The minimum Gasteiger partial charge on any atom is -0.355 e. The molecule has 2 amide bonds. The molecular weight excluding hydrogens is 200 g/mol. The number of aromatic nitrogens is 4. The van der Waals surface area contributed by atoms with Gasteiger partial charge in [0.25, 0.3) is 0 Å². The van der Waals surface area contributed by atoms with Gasteiger partial charge in [0.2, 0.25) is 11.8 Å². The van der Waals surface area contributed by atoms with Gasteiger partial charge in [-0.1, -0.05) is 5.21 Å². The summed E-state index contributed by atoms with van der Waals surface area (Å²) in [5.41, 5.74) is 0. The molecule has 2 rings (SSSR count). The molecule has 1 atom stereocenters. The summed E-state index contributed by atoms with van der Waals surface area (Å²) >= 11 is 0. The molecule has 0 spiro atoms. The minimum atomic E-state index is -0.288. The molecule has 8 nitrogen and oxygen atoms in total. The van der Waals surface area contributed by atoms with Crippen LogP contribution in [-0.2, 0) is 16.1 Å². The van der Waals surface area contributed by atoms with Crippen molar-refractivity contribution >= 4 is 11.8 Å². The van der Waals surface area contributed by atoms with Crippen LogP contribution in [0.15, 0.2) is 0 Å². The SMILES string of the molecule is O=C1CC(C(=O)NCc2nn[nH]n2)CN1. The van der Waals surface area contributed by atoms with Gasteiger partial charge in [0.15, 0.2) is 5.82 Å². The Morgan fingerprint density at radius 1 is 1.60 bits per heavy atom. The number of tetrazole rings is 1. The molecule has 1 fully saturated rings. The Balaban J connectivity index is 1.80. The Kier molecular flexibility index (Phi) is 2.57. The lowest BCUT2D eigenvalue weighted by atomic mass is 10.1. The first-order chi connectivity index (χ1) is 7.25. The maximum atomic E-state index is 11.5. The molecule has 0 radical (unpaired) electrons. The number of hydrogen-bond acceptors (Lipinski definition) is 5. The average Bonchev–Trinajstić information content (AvgIpc) is 2.84. The van der Waals surface area contributed by atoms with Gasteiger partial charge in [-0.2, -0.15) is 5.21 Å². The predicted octanol–water partition coefficient (Wildman–Crippen LogP) is -2.05. The fraction of sp³-hybridized carbons (Fsp3) is 0.571. The van der Waals surface area contributed by atoms with Crippen LogP contribution in [0.2, 0.25) is 0 Å². The third-order valence-corrected chi connectivity index (χ3v) is 2.16. The van der Waals surface area contributed by atoms with Crippen molar-refractivity contribution in [1.82, 2.24) is 31.3 Å². The van der Waals surface area contributed by atoms with Crippen molar-refractivity contribution < 1.29 is 9.59 Å². The van der Waals surface area contributed by atoms with Crippen LogP contribution in [0.25, 0.3) is 0 Å². The van der Waals surface area contributed by atoms with E-state index in [1.807, 2.05) is 0 Å². The number of carbonyl (C=O) groups excluding carboxylic acids is 2. The van der Waals surface area contributed by atoms with Crippen LogP contribution >= 0.6 is 0 Å². The highest BCUT2D eigenvalue weighted by Crippen LogP contribution is 2.08.